The van der Waals surface area contributed by atoms with Crippen molar-refractivity contribution in [3.8, 4) is 11.4 Å². The van der Waals surface area contributed by atoms with Crippen LogP contribution in [-0.2, 0) is 19.3 Å². The van der Waals surface area contributed by atoms with Crippen LogP contribution in [-0.4, -0.2) is 23.3 Å². The van der Waals surface area contributed by atoms with E-state index in [1.807, 2.05) is 0 Å². The SMILES string of the molecule is Cc1[nH]n(-c2cccc(S(N)(=O)=O)c2)c(=O)c1N=Nc1cc(SOON)ccc1O. The van der Waals surface area contributed by atoms with Gasteiger partial charge in [0, 0.05) is 4.90 Å². The van der Waals surface area contributed by atoms with Gasteiger partial charge < -0.3 is 5.11 Å². The Morgan fingerprint density at radius 2 is 1.97 bits per heavy atom. The van der Waals surface area contributed by atoms with Crippen molar-refractivity contribution in [1.82, 2.24) is 9.78 Å². The van der Waals surface area contributed by atoms with Gasteiger partial charge in [-0.15, -0.1) is 19.6 Å². The lowest BCUT2D eigenvalue weighted by Crippen LogP contribution is -2.16. The summed E-state index contributed by atoms with van der Waals surface area (Å²) in [4.78, 5) is 17.1. The average Bonchev–Trinajstić information content (AvgIpc) is 2.99. The Bertz CT molecular complexity index is 1270. The molecule has 6 N–H and O–H groups in total. The Morgan fingerprint density at radius 3 is 2.67 bits per heavy atom. The van der Waals surface area contributed by atoms with E-state index in [1.54, 1.807) is 6.92 Å². The standard InChI is InChI=1S/C16H16N6O6S2/c1-9-15(20-19-13-8-11(29-28-27-17)5-6-14(13)23)16(24)22(21-9)10-3-2-4-12(7-10)30(18,25)26/h2-8,21,23H,17H2,1H3,(H2,18,25,26). The number of aromatic amines is 1. The second kappa shape index (κ2) is 8.78. The molecular weight excluding hydrogens is 436 g/mol. The van der Waals surface area contributed by atoms with Crippen LogP contribution in [0.5, 0.6) is 5.75 Å². The van der Waals surface area contributed by atoms with Crippen molar-refractivity contribution in [1.29, 1.82) is 0 Å². The molecule has 0 radical (unpaired) electrons. The Balaban J connectivity index is 1.97. The van der Waals surface area contributed by atoms with Crippen molar-refractivity contribution in [3.05, 3.63) is 58.5 Å². The number of H-pyrrole nitrogens is 1. The maximum Gasteiger partial charge on any atom is 0.299 e. The molecule has 0 saturated heterocycles. The largest absolute Gasteiger partial charge is 0.506 e. The van der Waals surface area contributed by atoms with Crippen LogP contribution >= 0.6 is 12.0 Å². The van der Waals surface area contributed by atoms with E-state index in [2.05, 4.69) is 24.6 Å². The molecule has 0 atom stereocenters. The highest BCUT2D eigenvalue weighted by Crippen LogP contribution is 2.33. The molecule has 12 nitrogen and oxygen atoms in total. The Kier molecular flexibility index (Phi) is 6.35. The maximum atomic E-state index is 12.7. The van der Waals surface area contributed by atoms with Crippen LogP contribution in [0.4, 0.5) is 11.4 Å². The summed E-state index contributed by atoms with van der Waals surface area (Å²) in [5.74, 6) is 4.61. The lowest BCUT2D eigenvalue weighted by molar-refractivity contribution is -0.195. The maximum absolute atomic E-state index is 12.7. The summed E-state index contributed by atoms with van der Waals surface area (Å²) in [5.41, 5.74) is 0.0806. The number of benzene rings is 2. The first-order chi connectivity index (χ1) is 14.2. The van der Waals surface area contributed by atoms with Crippen molar-refractivity contribution >= 4 is 33.4 Å². The molecule has 1 aromatic heterocycles. The summed E-state index contributed by atoms with van der Waals surface area (Å²) in [5, 5.41) is 25.7. The van der Waals surface area contributed by atoms with Gasteiger partial charge in [-0.3, -0.25) is 9.89 Å². The van der Waals surface area contributed by atoms with E-state index in [0.717, 1.165) is 16.7 Å². The molecule has 3 rings (SSSR count). The first kappa shape index (κ1) is 21.7. The first-order valence-corrected chi connectivity index (χ1v) is 10.4. The normalized spacial score (nSPS) is 12.0. The molecule has 0 spiro atoms. The molecule has 158 valence electrons. The molecule has 0 fully saturated rings. The predicted molar refractivity (Wildman–Crippen MR) is 107 cm³/mol. The Morgan fingerprint density at radius 1 is 1.20 bits per heavy atom. The topological polar surface area (TPSA) is 187 Å². The Labute approximate surface area is 174 Å². The molecule has 0 saturated carbocycles. The minimum Gasteiger partial charge on any atom is -0.506 e. The van der Waals surface area contributed by atoms with Crippen molar-refractivity contribution in [2.45, 2.75) is 16.7 Å². The number of aromatic nitrogens is 2. The summed E-state index contributed by atoms with van der Waals surface area (Å²) in [6.07, 6.45) is 0. The number of hydrogen-bond donors (Lipinski definition) is 4. The number of nitrogens with one attached hydrogen (secondary N) is 1. The smallest absolute Gasteiger partial charge is 0.299 e. The lowest BCUT2D eigenvalue weighted by Gasteiger charge is -2.03. The first-order valence-electron chi connectivity index (χ1n) is 8.10. The van der Waals surface area contributed by atoms with Crippen molar-refractivity contribution in [2.24, 2.45) is 21.3 Å². The number of phenols is 1. The molecular formula is C16H16N6O6S2. The third-order valence-corrected chi connectivity index (χ3v) is 5.32. The zero-order chi connectivity index (χ0) is 21.9. The number of aromatic hydroxyl groups is 1. The quantitative estimate of drug-likeness (QED) is 0.181. The average molecular weight is 452 g/mol. The Hall–Kier alpha value is -3.01. The summed E-state index contributed by atoms with van der Waals surface area (Å²) in [6, 6.07) is 9.88. The molecule has 30 heavy (non-hydrogen) atoms. The van der Waals surface area contributed by atoms with Gasteiger partial charge in [-0.05, 0) is 43.3 Å². The lowest BCUT2D eigenvalue weighted by atomic mass is 10.3. The van der Waals surface area contributed by atoms with Gasteiger partial charge in [-0.1, -0.05) is 6.07 Å². The zero-order valence-electron chi connectivity index (χ0n) is 15.3. The van der Waals surface area contributed by atoms with Gasteiger partial charge in [0.25, 0.3) is 5.56 Å². The van der Waals surface area contributed by atoms with Gasteiger partial charge in [0.05, 0.1) is 28.3 Å². The van der Waals surface area contributed by atoms with Gasteiger partial charge in [-0.2, -0.15) is 5.90 Å². The van der Waals surface area contributed by atoms with Gasteiger partial charge in [0.15, 0.2) is 5.69 Å². The van der Waals surface area contributed by atoms with Crippen LogP contribution in [0.3, 0.4) is 0 Å². The van der Waals surface area contributed by atoms with Crippen LogP contribution in [0, 0.1) is 6.92 Å². The van der Waals surface area contributed by atoms with E-state index in [0.29, 0.717) is 10.6 Å². The van der Waals surface area contributed by atoms with Crippen LogP contribution in [0.15, 0.2) is 67.3 Å². The third-order valence-electron chi connectivity index (χ3n) is 3.82. The van der Waals surface area contributed by atoms with Crippen molar-refractivity contribution in [2.75, 3.05) is 0 Å². The van der Waals surface area contributed by atoms with Crippen LogP contribution < -0.4 is 16.6 Å². The second-order valence-electron chi connectivity index (χ2n) is 5.87. The molecule has 0 aliphatic heterocycles. The highest BCUT2D eigenvalue weighted by atomic mass is 32.2. The van der Waals surface area contributed by atoms with Crippen LogP contribution in [0.1, 0.15) is 5.69 Å². The fourth-order valence-electron chi connectivity index (χ4n) is 2.43. The molecule has 0 bridgehead atoms. The van der Waals surface area contributed by atoms with E-state index in [-0.39, 0.29) is 27.7 Å². The second-order valence-corrected chi connectivity index (χ2v) is 8.20. The molecule has 14 heteroatoms. The molecule has 2 aromatic carbocycles. The highest BCUT2D eigenvalue weighted by molar-refractivity contribution is 7.94. The van der Waals surface area contributed by atoms with Gasteiger partial charge in [0.1, 0.15) is 11.4 Å². The number of nitrogens with two attached hydrogens (primary N) is 2. The minimum atomic E-state index is -3.94. The number of azo groups is 1. The molecule has 1 heterocycles. The number of phenolic OH excluding ortho intramolecular Hbond substituents is 1. The highest BCUT2D eigenvalue weighted by Gasteiger charge is 2.15. The van der Waals surface area contributed by atoms with E-state index in [1.165, 1.54) is 42.5 Å². The van der Waals surface area contributed by atoms with E-state index >= 15 is 0 Å². The van der Waals surface area contributed by atoms with E-state index < -0.39 is 15.6 Å². The van der Waals surface area contributed by atoms with Gasteiger partial charge >= 0.3 is 0 Å². The number of rotatable bonds is 7. The van der Waals surface area contributed by atoms with Crippen molar-refractivity contribution in [3.63, 3.8) is 0 Å². The summed E-state index contributed by atoms with van der Waals surface area (Å²) < 4.78 is 28.8. The van der Waals surface area contributed by atoms with E-state index in [9.17, 15) is 18.3 Å². The van der Waals surface area contributed by atoms with Crippen LogP contribution in [0.25, 0.3) is 5.69 Å². The molecule has 0 unspecified atom stereocenters. The predicted octanol–water partition coefficient (Wildman–Crippen LogP) is 2.07. The molecule has 0 aliphatic carbocycles. The minimum absolute atomic E-state index is 0.0324. The summed E-state index contributed by atoms with van der Waals surface area (Å²) in [6.45, 7) is 1.59. The number of aryl methyl sites for hydroxylation is 1. The van der Waals surface area contributed by atoms with Crippen LogP contribution in [0.2, 0.25) is 0 Å². The van der Waals surface area contributed by atoms with E-state index in [4.69, 9.17) is 11.0 Å². The van der Waals surface area contributed by atoms with Gasteiger partial charge in [0.2, 0.25) is 10.0 Å². The fourth-order valence-corrected chi connectivity index (χ4v) is 3.39. The number of nitrogens with zero attached hydrogens (tertiary/aromatic N) is 3. The third kappa shape index (κ3) is 4.76. The summed E-state index contributed by atoms with van der Waals surface area (Å²) in [7, 11) is -3.94. The number of primary sulfonamides is 1. The molecule has 0 amide bonds. The molecule has 0 aliphatic rings. The van der Waals surface area contributed by atoms with Gasteiger partial charge in [-0.25, -0.2) is 18.2 Å². The zero-order valence-corrected chi connectivity index (χ0v) is 17.0. The number of sulfonamides is 1. The fraction of sp³-hybridized carbons (Fsp3) is 0.0625. The monoisotopic (exact) mass is 452 g/mol. The summed E-state index contributed by atoms with van der Waals surface area (Å²) >= 11 is 0.785. The molecule has 3 aromatic rings. The van der Waals surface area contributed by atoms with Crippen molar-refractivity contribution < 1.29 is 22.8 Å². The number of hydrogen-bond acceptors (Lipinski definition) is 10.